The van der Waals surface area contributed by atoms with Crippen molar-refractivity contribution in [2.24, 2.45) is 10.9 Å². The van der Waals surface area contributed by atoms with Crippen LogP contribution >= 0.6 is 0 Å². The van der Waals surface area contributed by atoms with Crippen LogP contribution in [0.15, 0.2) is 29.3 Å². The van der Waals surface area contributed by atoms with E-state index in [1.54, 1.807) is 19.2 Å². The maximum atomic E-state index is 12.5. The molecular formula is C19H29F3N4O. The third-order valence-corrected chi connectivity index (χ3v) is 4.87. The lowest BCUT2D eigenvalue weighted by atomic mass is 9.93. The lowest BCUT2D eigenvalue weighted by Crippen LogP contribution is -2.39. The van der Waals surface area contributed by atoms with Crippen molar-refractivity contribution in [3.8, 4) is 5.75 Å². The Bertz CT molecular complexity index is 599. The number of rotatable bonds is 7. The fourth-order valence-corrected chi connectivity index (χ4v) is 3.26. The first-order chi connectivity index (χ1) is 12.9. The summed E-state index contributed by atoms with van der Waals surface area (Å²) in [5.74, 6) is 1.08. The minimum absolute atomic E-state index is 0.195. The SMILES string of the molecule is CCN1CCC(CCNC(=NC)NCc2ccccc2OC(F)(F)F)CC1. The van der Waals surface area contributed by atoms with Gasteiger partial charge in [-0.2, -0.15) is 0 Å². The largest absolute Gasteiger partial charge is 0.573 e. The van der Waals surface area contributed by atoms with E-state index in [1.807, 2.05) is 0 Å². The molecule has 2 N–H and O–H groups in total. The van der Waals surface area contributed by atoms with Gasteiger partial charge in [0.15, 0.2) is 5.96 Å². The van der Waals surface area contributed by atoms with E-state index in [2.05, 4.69) is 32.2 Å². The third-order valence-electron chi connectivity index (χ3n) is 4.87. The molecule has 1 aliphatic rings. The van der Waals surface area contributed by atoms with Gasteiger partial charge in [-0.1, -0.05) is 25.1 Å². The molecule has 2 rings (SSSR count). The van der Waals surface area contributed by atoms with Crippen LogP contribution in [0.5, 0.6) is 5.75 Å². The molecule has 0 unspecified atom stereocenters. The average molecular weight is 386 g/mol. The Morgan fingerprint density at radius 3 is 2.56 bits per heavy atom. The Balaban J connectivity index is 1.76. The number of guanidine groups is 1. The summed E-state index contributed by atoms with van der Waals surface area (Å²) < 4.78 is 41.6. The van der Waals surface area contributed by atoms with Gasteiger partial charge in [-0.15, -0.1) is 13.2 Å². The van der Waals surface area contributed by atoms with E-state index >= 15 is 0 Å². The second kappa shape index (κ2) is 10.4. The van der Waals surface area contributed by atoms with Crippen LogP contribution in [0, 0.1) is 5.92 Å². The van der Waals surface area contributed by atoms with E-state index in [4.69, 9.17) is 0 Å². The van der Waals surface area contributed by atoms with E-state index in [1.165, 1.54) is 25.0 Å². The third kappa shape index (κ3) is 7.66. The average Bonchev–Trinajstić information content (AvgIpc) is 2.65. The van der Waals surface area contributed by atoms with E-state index < -0.39 is 6.36 Å². The predicted molar refractivity (Wildman–Crippen MR) is 101 cm³/mol. The van der Waals surface area contributed by atoms with Gasteiger partial charge < -0.3 is 20.3 Å². The minimum Gasteiger partial charge on any atom is -0.405 e. The highest BCUT2D eigenvalue weighted by Crippen LogP contribution is 2.26. The molecule has 8 heteroatoms. The van der Waals surface area contributed by atoms with Gasteiger partial charge in [0.25, 0.3) is 0 Å². The zero-order valence-electron chi connectivity index (χ0n) is 16.0. The maximum Gasteiger partial charge on any atom is 0.573 e. The first-order valence-corrected chi connectivity index (χ1v) is 9.41. The number of piperidine rings is 1. The molecule has 1 aliphatic heterocycles. The van der Waals surface area contributed by atoms with E-state index in [0.29, 0.717) is 17.4 Å². The van der Waals surface area contributed by atoms with Crippen LogP contribution in [0.3, 0.4) is 0 Å². The summed E-state index contributed by atoms with van der Waals surface area (Å²) in [5, 5.41) is 6.29. The monoisotopic (exact) mass is 386 g/mol. The first kappa shape index (κ1) is 21.3. The number of nitrogens with zero attached hydrogens (tertiary/aromatic N) is 2. The molecule has 0 aliphatic carbocycles. The lowest BCUT2D eigenvalue weighted by Gasteiger charge is -2.31. The van der Waals surface area contributed by atoms with Gasteiger partial charge in [0.2, 0.25) is 0 Å². The molecule has 0 spiro atoms. The fourth-order valence-electron chi connectivity index (χ4n) is 3.26. The molecule has 0 amide bonds. The molecule has 27 heavy (non-hydrogen) atoms. The van der Waals surface area contributed by atoms with Crippen LogP contribution in [0.1, 0.15) is 31.7 Å². The van der Waals surface area contributed by atoms with E-state index in [-0.39, 0.29) is 12.3 Å². The lowest BCUT2D eigenvalue weighted by molar-refractivity contribution is -0.274. The molecular weight excluding hydrogens is 357 g/mol. The summed E-state index contributed by atoms with van der Waals surface area (Å²) >= 11 is 0. The Labute approximate surface area is 159 Å². The quantitative estimate of drug-likeness (QED) is 0.557. The van der Waals surface area contributed by atoms with E-state index in [0.717, 1.165) is 32.6 Å². The van der Waals surface area contributed by atoms with Crippen LogP contribution in [0.4, 0.5) is 13.2 Å². The molecule has 5 nitrogen and oxygen atoms in total. The van der Waals surface area contributed by atoms with Gasteiger partial charge in [-0.3, -0.25) is 4.99 Å². The number of benzene rings is 1. The Hall–Kier alpha value is -1.96. The van der Waals surface area contributed by atoms with Crippen molar-refractivity contribution >= 4 is 5.96 Å². The molecule has 0 radical (unpaired) electrons. The number of para-hydroxylation sites is 1. The van der Waals surface area contributed by atoms with Gasteiger partial charge in [0.1, 0.15) is 5.75 Å². The summed E-state index contributed by atoms with van der Waals surface area (Å²) in [6.07, 6.45) is -1.22. The number of halogens is 3. The number of hydrogen-bond donors (Lipinski definition) is 2. The summed E-state index contributed by atoms with van der Waals surface area (Å²) in [6, 6.07) is 6.10. The number of likely N-dealkylation sites (tertiary alicyclic amines) is 1. The van der Waals surface area contributed by atoms with Crippen LogP contribution < -0.4 is 15.4 Å². The van der Waals surface area contributed by atoms with Gasteiger partial charge in [-0.25, -0.2) is 0 Å². The fraction of sp³-hybridized carbons (Fsp3) is 0.632. The predicted octanol–water partition coefficient (Wildman–Crippen LogP) is 3.37. The highest BCUT2D eigenvalue weighted by Gasteiger charge is 2.31. The van der Waals surface area contributed by atoms with Crippen molar-refractivity contribution in [1.29, 1.82) is 0 Å². The zero-order chi connectivity index (χ0) is 19.7. The van der Waals surface area contributed by atoms with Gasteiger partial charge >= 0.3 is 6.36 Å². The van der Waals surface area contributed by atoms with Crippen LogP contribution in [0.25, 0.3) is 0 Å². The number of alkyl halides is 3. The van der Waals surface area contributed by atoms with Crippen molar-refractivity contribution in [3.05, 3.63) is 29.8 Å². The number of hydrogen-bond acceptors (Lipinski definition) is 3. The molecule has 1 fully saturated rings. The maximum absolute atomic E-state index is 12.5. The molecule has 0 atom stereocenters. The molecule has 1 aromatic rings. The summed E-state index contributed by atoms with van der Waals surface area (Å²) in [4.78, 5) is 6.60. The van der Waals surface area contributed by atoms with Crippen molar-refractivity contribution in [3.63, 3.8) is 0 Å². The smallest absolute Gasteiger partial charge is 0.405 e. The molecule has 1 saturated heterocycles. The van der Waals surface area contributed by atoms with Gasteiger partial charge in [-0.05, 0) is 50.9 Å². The van der Waals surface area contributed by atoms with E-state index in [9.17, 15) is 13.2 Å². The Morgan fingerprint density at radius 1 is 1.22 bits per heavy atom. The summed E-state index contributed by atoms with van der Waals surface area (Å²) in [7, 11) is 1.65. The Morgan fingerprint density at radius 2 is 1.93 bits per heavy atom. The highest BCUT2D eigenvalue weighted by atomic mass is 19.4. The molecule has 0 bridgehead atoms. The molecule has 0 saturated carbocycles. The van der Waals surface area contributed by atoms with Gasteiger partial charge in [0, 0.05) is 25.7 Å². The normalized spacial score (nSPS) is 17.0. The standard InChI is InChI=1S/C19H29F3N4O/c1-3-26-12-9-15(10-13-26)8-11-24-18(23-2)25-14-16-6-4-5-7-17(16)27-19(20,21)22/h4-7,15H,3,8-14H2,1-2H3,(H2,23,24,25). The van der Waals surface area contributed by atoms with Crippen LogP contribution in [-0.2, 0) is 6.54 Å². The van der Waals surface area contributed by atoms with Crippen molar-refractivity contribution in [2.75, 3.05) is 33.2 Å². The topological polar surface area (TPSA) is 48.9 Å². The number of nitrogens with one attached hydrogen (secondary N) is 2. The van der Waals surface area contributed by atoms with Crippen molar-refractivity contribution in [1.82, 2.24) is 15.5 Å². The Kier molecular flexibility index (Phi) is 8.22. The summed E-state index contributed by atoms with van der Waals surface area (Å²) in [5.41, 5.74) is 0.421. The number of ether oxygens (including phenoxy) is 1. The van der Waals surface area contributed by atoms with Crippen LogP contribution in [-0.4, -0.2) is 50.4 Å². The highest BCUT2D eigenvalue weighted by molar-refractivity contribution is 5.79. The second-order valence-electron chi connectivity index (χ2n) is 6.67. The van der Waals surface area contributed by atoms with Crippen molar-refractivity contribution < 1.29 is 17.9 Å². The summed E-state index contributed by atoms with van der Waals surface area (Å²) in [6.45, 7) is 6.60. The first-order valence-electron chi connectivity index (χ1n) is 9.41. The minimum atomic E-state index is -4.70. The zero-order valence-corrected chi connectivity index (χ0v) is 16.0. The molecule has 0 aromatic heterocycles. The number of aliphatic imine (C=N–C) groups is 1. The molecule has 1 heterocycles. The van der Waals surface area contributed by atoms with Crippen LogP contribution in [0.2, 0.25) is 0 Å². The molecule has 1 aromatic carbocycles. The van der Waals surface area contributed by atoms with Gasteiger partial charge in [0.05, 0.1) is 0 Å². The molecule has 152 valence electrons. The van der Waals surface area contributed by atoms with Crippen molar-refractivity contribution in [2.45, 2.75) is 39.1 Å². The second-order valence-corrected chi connectivity index (χ2v) is 6.67.